The van der Waals surface area contributed by atoms with Crippen molar-refractivity contribution in [3.05, 3.63) is 17.0 Å². The Balaban J connectivity index is 2.61. The molecule has 0 saturated carbocycles. The number of aryl methyl sites for hydroxylation is 2. The topological polar surface area (TPSA) is 29.9 Å². The van der Waals surface area contributed by atoms with E-state index in [1.165, 1.54) is 17.7 Å². The van der Waals surface area contributed by atoms with Crippen LogP contribution in [0.1, 0.15) is 50.2 Å². The van der Waals surface area contributed by atoms with Crippen molar-refractivity contribution in [3.63, 3.8) is 0 Å². The molecular formula is C14H27N3S. The molecule has 2 atom stereocenters. The smallest absolute Gasteiger partial charge is 0.0644 e. The summed E-state index contributed by atoms with van der Waals surface area (Å²) in [7, 11) is 0. The molecule has 4 heteroatoms. The molecule has 0 aliphatic carbocycles. The molecule has 0 bridgehead atoms. The van der Waals surface area contributed by atoms with E-state index in [-0.39, 0.29) is 0 Å². The Hall–Kier alpha value is -0.480. The van der Waals surface area contributed by atoms with E-state index in [9.17, 15) is 0 Å². The third kappa shape index (κ3) is 3.75. The van der Waals surface area contributed by atoms with E-state index in [1.807, 2.05) is 11.8 Å². The van der Waals surface area contributed by atoms with Gasteiger partial charge in [0.05, 0.1) is 5.69 Å². The summed E-state index contributed by atoms with van der Waals surface area (Å²) in [6, 6.07) is 0.388. The number of aromatic nitrogens is 2. The molecule has 1 heterocycles. The maximum atomic E-state index is 4.58. The summed E-state index contributed by atoms with van der Waals surface area (Å²) >= 11 is 1.93. The van der Waals surface area contributed by atoms with Crippen LogP contribution in [0.15, 0.2) is 0 Å². The zero-order valence-corrected chi connectivity index (χ0v) is 13.4. The van der Waals surface area contributed by atoms with E-state index in [4.69, 9.17) is 0 Å². The fourth-order valence-electron chi connectivity index (χ4n) is 2.37. The van der Waals surface area contributed by atoms with Crippen molar-refractivity contribution in [2.45, 2.75) is 58.9 Å². The lowest BCUT2D eigenvalue weighted by atomic mass is 10.1. The van der Waals surface area contributed by atoms with Gasteiger partial charge in [0.25, 0.3) is 0 Å². The highest BCUT2D eigenvalue weighted by Gasteiger charge is 2.16. The second-order valence-corrected chi connectivity index (χ2v) is 6.19. The summed E-state index contributed by atoms with van der Waals surface area (Å²) in [5, 5.41) is 8.93. The summed E-state index contributed by atoms with van der Waals surface area (Å²) in [6.45, 7) is 13.0. The minimum atomic E-state index is 0.388. The molecule has 1 aromatic heterocycles. The third-order valence-electron chi connectivity index (χ3n) is 3.57. The van der Waals surface area contributed by atoms with Crippen LogP contribution < -0.4 is 5.32 Å². The van der Waals surface area contributed by atoms with Crippen LogP contribution in [0.2, 0.25) is 0 Å². The Labute approximate surface area is 116 Å². The molecule has 0 fully saturated rings. The minimum Gasteiger partial charge on any atom is -0.310 e. The Morgan fingerprint density at radius 3 is 2.50 bits per heavy atom. The fraction of sp³-hybridized carbons (Fsp3) is 0.786. The maximum Gasteiger partial charge on any atom is 0.0644 e. The minimum absolute atomic E-state index is 0.388. The van der Waals surface area contributed by atoms with Gasteiger partial charge in [-0.15, -0.1) is 0 Å². The van der Waals surface area contributed by atoms with Crippen molar-refractivity contribution in [3.8, 4) is 0 Å². The van der Waals surface area contributed by atoms with Gasteiger partial charge in [-0.1, -0.05) is 6.92 Å². The Kier molecular flexibility index (Phi) is 6.22. The van der Waals surface area contributed by atoms with Crippen LogP contribution in [0.25, 0.3) is 0 Å². The predicted octanol–water partition coefficient (Wildman–Crippen LogP) is 3.31. The highest BCUT2D eigenvalue weighted by atomic mass is 32.2. The Morgan fingerprint density at radius 1 is 1.33 bits per heavy atom. The van der Waals surface area contributed by atoms with Gasteiger partial charge >= 0.3 is 0 Å². The van der Waals surface area contributed by atoms with Gasteiger partial charge in [0, 0.05) is 29.1 Å². The van der Waals surface area contributed by atoms with Crippen LogP contribution in [0.5, 0.6) is 0 Å². The fourth-order valence-corrected chi connectivity index (χ4v) is 2.72. The lowest BCUT2D eigenvalue weighted by Crippen LogP contribution is -2.22. The Morgan fingerprint density at radius 2 is 2.00 bits per heavy atom. The average molecular weight is 269 g/mol. The number of nitrogens with zero attached hydrogens (tertiary/aromatic N) is 2. The van der Waals surface area contributed by atoms with Crippen molar-refractivity contribution >= 4 is 11.8 Å². The van der Waals surface area contributed by atoms with Crippen LogP contribution in [0, 0.1) is 13.8 Å². The molecule has 1 rings (SSSR count). The first-order valence-electron chi connectivity index (χ1n) is 6.81. The number of nitrogens with one attached hydrogen (secondary N) is 1. The molecule has 0 aliphatic rings. The van der Waals surface area contributed by atoms with Crippen LogP contribution in [0.3, 0.4) is 0 Å². The summed E-state index contributed by atoms with van der Waals surface area (Å²) in [4.78, 5) is 0. The SMILES string of the molecule is CCn1nc(C)c(C(C)NCCC(C)SC)c1C. The van der Waals surface area contributed by atoms with E-state index in [2.05, 4.69) is 56.0 Å². The molecular weight excluding hydrogens is 242 g/mol. The van der Waals surface area contributed by atoms with E-state index in [0.717, 1.165) is 24.0 Å². The number of rotatable bonds is 7. The molecule has 0 saturated heterocycles. The van der Waals surface area contributed by atoms with E-state index >= 15 is 0 Å². The average Bonchev–Trinajstić information content (AvgIpc) is 2.63. The summed E-state index contributed by atoms with van der Waals surface area (Å²) in [5.74, 6) is 0. The monoisotopic (exact) mass is 269 g/mol. The van der Waals surface area contributed by atoms with Gasteiger partial charge in [-0.25, -0.2) is 0 Å². The van der Waals surface area contributed by atoms with Gasteiger partial charge < -0.3 is 5.32 Å². The van der Waals surface area contributed by atoms with E-state index < -0.39 is 0 Å². The van der Waals surface area contributed by atoms with Crippen LogP contribution in [-0.2, 0) is 6.54 Å². The molecule has 0 aliphatic heterocycles. The van der Waals surface area contributed by atoms with Crippen LogP contribution >= 0.6 is 11.8 Å². The van der Waals surface area contributed by atoms with Crippen LogP contribution in [-0.4, -0.2) is 27.8 Å². The van der Waals surface area contributed by atoms with Gasteiger partial charge in [0.2, 0.25) is 0 Å². The molecule has 1 N–H and O–H groups in total. The van der Waals surface area contributed by atoms with E-state index in [1.54, 1.807) is 0 Å². The number of thioether (sulfide) groups is 1. The predicted molar refractivity (Wildman–Crippen MR) is 81.4 cm³/mol. The lowest BCUT2D eigenvalue weighted by molar-refractivity contribution is 0.551. The molecule has 0 aromatic carbocycles. The van der Waals surface area contributed by atoms with Gasteiger partial charge in [0.15, 0.2) is 0 Å². The molecule has 1 aromatic rings. The largest absolute Gasteiger partial charge is 0.310 e. The zero-order chi connectivity index (χ0) is 13.7. The molecule has 18 heavy (non-hydrogen) atoms. The molecule has 3 nitrogen and oxygen atoms in total. The molecule has 0 radical (unpaired) electrons. The third-order valence-corrected chi connectivity index (χ3v) is 4.61. The zero-order valence-electron chi connectivity index (χ0n) is 12.6. The van der Waals surface area contributed by atoms with Gasteiger partial charge in [-0.05, 0) is 46.9 Å². The quantitative estimate of drug-likeness (QED) is 0.823. The first kappa shape index (κ1) is 15.6. The summed E-state index contributed by atoms with van der Waals surface area (Å²) in [5.41, 5.74) is 3.83. The summed E-state index contributed by atoms with van der Waals surface area (Å²) < 4.78 is 2.09. The standard InChI is InChI=1S/C14H27N3S/c1-7-17-13(5)14(12(4)16-17)11(3)15-9-8-10(2)18-6/h10-11,15H,7-9H2,1-6H3. The normalized spacial score (nSPS) is 14.8. The lowest BCUT2D eigenvalue weighted by Gasteiger charge is -2.16. The molecule has 0 amide bonds. The van der Waals surface area contributed by atoms with E-state index in [0.29, 0.717) is 6.04 Å². The first-order chi connectivity index (χ1) is 8.51. The Bertz CT molecular complexity index is 373. The van der Waals surface area contributed by atoms with Gasteiger partial charge in [-0.2, -0.15) is 16.9 Å². The van der Waals surface area contributed by atoms with Crippen molar-refractivity contribution in [1.82, 2.24) is 15.1 Å². The first-order valence-corrected chi connectivity index (χ1v) is 8.10. The van der Waals surface area contributed by atoms with Gasteiger partial charge in [0.1, 0.15) is 0 Å². The van der Waals surface area contributed by atoms with Gasteiger partial charge in [-0.3, -0.25) is 4.68 Å². The summed E-state index contributed by atoms with van der Waals surface area (Å²) in [6.07, 6.45) is 3.39. The highest BCUT2D eigenvalue weighted by Crippen LogP contribution is 2.21. The van der Waals surface area contributed by atoms with Crippen molar-refractivity contribution in [1.29, 1.82) is 0 Å². The maximum absolute atomic E-state index is 4.58. The molecule has 104 valence electrons. The second kappa shape index (κ2) is 7.19. The van der Waals surface area contributed by atoms with Crippen molar-refractivity contribution in [2.24, 2.45) is 0 Å². The number of hydrogen-bond acceptors (Lipinski definition) is 3. The van der Waals surface area contributed by atoms with Crippen LogP contribution in [0.4, 0.5) is 0 Å². The van der Waals surface area contributed by atoms with Crippen molar-refractivity contribution in [2.75, 3.05) is 12.8 Å². The molecule has 2 unspecified atom stereocenters. The van der Waals surface area contributed by atoms with Crippen molar-refractivity contribution < 1.29 is 0 Å². The second-order valence-electron chi connectivity index (χ2n) is 4.91. The molecule has 0 spiro atoms. The highest BCUT2D eigenvalue weighted by molar-refractivity contribution is 7.99. The number of hydrogen-bond donors (Lipinski definition) is 1.